The molecule has 3 N–H and O–H groups in total. The van der Waals surface area contributed by atoms with Crippen LogP contribution in [0.15, 0.2) is 36.4 Å². The lowest BCUT2D eigenvalue weighted by molar-refractivity contribution is 0.0662. The second kappa shape index (κ2) is 8.43. The van der Waals surface area contributed by atoms with Crippen LogP contribution in [-0.4, -0.2) is 25.7 Å². The molecule has 0 atom stereocenters. The normalized spacial score (nSPS) is 15.2. The molecular weight excluding hydrogens is 331 g/mol. The van der Waals surface area contributed by atoms with E-state index in [9.17, 15) is 9.18 Å². The van der Waals surface area contributed by atoms with Gasteiger partial charge in [-0.1, -0.05) is 18.2 Å². The zero-order valence-corrected chi connectivity index (χ0v) is 15.1. The molecule has 1 heterocycles. The lowest BCUT2D eigenvalue weighted by Crippen LogP contribution is -2.27. The van der Waals surface area contributed by atoms with Gasteiger partial charge in [-0.05, 0) is 67.1 Å². The number of rotatable bonds is 6. The topological polar surface area (TPSA) is 64.4 Å². The first kappa shape index (κ1) is 18.5. The van der Waals surface area contributed by atoms with E-state index in [1.54, 1.807) is 18.2 Å². The number of nitrogens with two attached hydrogens (primary N) is 1. The highest BCUT2D eigenvalue weighted by atomic mass is 19.1. The van der Waals surface area contributed by atoms with Gasteiger partial charge in [0.2, 0.25) is 5.91 Å². The molecule has 5 heteroatoms. The van der Waals surface area contributed by atoms with Crippen molar-refractivity contribution < 1.29 is 13.9 Å². The van der Waals surface area contributed by atoms with Gasteiger partial charge in [-0.15, -0.1) is 0 Å². The van der Waals surface area contributed by atoms with Crippen LogP contribution in [0.25, 0.3) is 11.1 Å². The first-order valence-corrected chi connectivity index (χ1v) is 9.02. The summed E-state index contributed by atoms with van der Waals surface area (Å²) in [5, 5.41) is 3.36. The van der Waals surface area contributed by atoms with Crippen molar-refractivity contribution in [3.63, 3.8) is 0 Å². The van der Waals surface area contributed by atoms with Gasteiger partial charge in [0.25, 0.3) is 0 Å². The van der Waals surface area contributed by atoms with Gasteiger partial charge in [-0.25, -0.2) is 4.39 Å². The maximum atomic E-state index is 14.5. The third-order valence-electron chi connectivity index (χ3n) is 4.96. The zero-order valence-electron chi connectivity index (χ0n) is 15.1. The van der Waals surface area contributed by atoms with E-state index in [4.69, 9.17) is 10.5 Å². The van der Waals surface area contributed by atoms with E-state index < -0.39 is 5.91 Å². The van der Waals surface area contributed by atoms with Crippen molar-refractivity contribution in [2.45, 2.75) is 26.3 Å². The third kappa shape index (κ3) is 4.48. The Labute approximate surface area is 153 Å². The smallest absolute Gasteiger partial charge is 0.248 e. The quantitative estimate of drug-likeness (QED) is 0.834. The summed E-state index contributed by atoms with van der Waals surface area (Å²) in [6.07, 6.45) is 2.13. The van der Waals surface area contributed by atoms with Crippen molar-refractivity contribution in [2.75, 3.05) is 19.8 Å². The molecule has 3 rings (SSSR count). The maximum absolute atomic E-state index is 14.5. The van der Waals surface area contributed by atoms with Crippen LogP contribution in [0.1, 0.15) is 34.3 Å². The summed E-state index contributed by atoms with van der Waals surface area (Å²) in [6, 6.07) is 10.5. The van der Waals surface area contributed by atoms with E-state index in [1.807, 2.05) is 25.1 Å². The van der Waals surface area contributed by atoms with E-state index >= 15 is 0 Å². The molecule has 138 valence electrons. The number of carbonyl (C=O) groups is 1. The van der Waals surface area contributed by atoms with Crippen molar-refractivity contribution in [1.29, 1.82) is 0 Å². The van der Waals surface area contributed by atoms with Gasteiger partial charge in [0.05, 0.1) is 0 Å². The number of nitrogens with one attached hydrogen (secondary N) is 1. The van der Waals surface area contributed by atoms with E-state index in [-0.39, 0.29) is 5.82 Å². The van der Waals surface area contributed by atoms with Crippen molar-refractivity contribution >= 4 is 5.91 Å². The number of ether oxygens (including phenoxy) is 1. The highest BCUT2D eigenvalue weighted by Crippen LogP contribution is 2.26. The summed E-state index contributed by atoms with van der Waals surface area (Å²) in [7, 11) is 0. The molecule has 0 saturated carbocycles. The Bertz CT molecular complexity index is 786. The van der Waals surface area contributed by atoms with Crippen LogP contribution in [0, 0.1) is 18.7 Å². The average Bonchev–Trinajstić information content (AvgIpc) is 2.64. The van der Waals surface area contributed by atoms with Crippen molar-refractivity contribution in [2.24, 2.45) is 11.7 Å². The van der Waals surface area contributed by atoms with Gasteiger partial charge in [0.1, 0.15) is 5.82 Å². The number of hydrogen-bond acceptors (Lipinski definition) is 3. The fraction of sp³-hybridized carbons (Fsp3) is 0.381. The number of benzene rings is 2. The number of halogens is 1. The molecule has 26 heavy (non-hydrogen) atoms. The lowest BCUT2D eigenvalue weighted by Gasteiger charge is -2.22. The molecule has 1 aliphatic heterocycles. The number of aryl methyl sites for hydroxylation is 1. The van der Waals surface area contributed by atoms with Crippen LogP contribution >= 0.6 is 0 Å². The Kier molecular flexibility index (Phi) is 6.01. The molecule has 0 aliphatic carbocycles. The molecule has 0 radical (unpaired) electrons. The molecule has 1 amide bonds. The van der Waals surface area contributed by atoms with E-state index in [0.717, 1.165) is 49.3 Å². The minimum Gasteiger partial charge on any atom is -0.381 e. The molecule has 0 spiro atoms. The predicted octanol–water partition coefficient (Wildman–Crippen LogP) is 3.42. The van der Waals surface area contributed by atoms with Crippen LogP contribution < -0.4 is 11.1 Å². The molecule has 1 aliphatic rings. The highest BCUT2D eigenvalue weighted by Gasteiger charge is 2.14. The van der Waals surface area contributed by atoms with Gasteiger partial charge in [0, 0.05) is 30.9 Å². The molecular formula is C21H25FN2O2. The Morgan fingerprint density at radius 2 is 2.00 bits per heavy atom. The first-order valence-electron chi connectivity index (χ1n) is 9.02. The average molecular weight is 356 g/mol. The van der Waals surface area contributed by atoms with Crippen molar-refractivity contribution in [1.82, 2.24) is 5.32 Å². The fourth-order valence-corrected chi connectivity index (χ4v) is 3.36. The van der Waals surface area contributed by atoms with Crippen molar-refractivity contribution in [3.8, 4) is 11.1 Å². The molecule has 0 aromatic heterocycles. The summed E-state index contributed by atoms with van der Waals surface area (Å²) in [4.78, 5) is 11.3. The summed E-state index contributed by atoms with van der Waals surface area (Å²) >= 11 is 0. The van der Waals surface area contributed by atoms with Gasteiger partial charge >= 0.3 is 0 Å². The third-order valence-corrected chi connectivity index (χ3v) is 4.96. The molecule has 0 bridgehead atoms. The number of amides is 1. The predicted molar refractivity (Wildman–Crippen MR) is 100 cm³/mol. The molecule has 0 unspecified atom stereocenters. The zero-order chi connectivity index (χ0) is 18.5. The van der Waals surface area contributed by atoms with E-state index in [2.05, 4.69) is 5.32 Å². The Morgan fingerprint density at radius 1 is 1.23 bits per heavy atom. The summed E-state index contributed by atoms with van der Waals surface area (Å²) in [6.45, 7) is 4.94. The van der Waals surface area contributed by atoms with Crippen molar-refractivity contribution in [3.05, 3.63) is 58.9 Å². The molecule has 1 fully saturated rings. The van der Waals surface area contributed by atoms with Crippen LogP contribution in [0.4, 0.5) is 4.39 Å². The second-order valence-electron chi connectivity index (χ2n) is 6.89. The second-order valence-corrected chi connectivity index (χ2v) is 6.89. The number of primary amides is 1. The Hall–Kier alpha value is -2.24. The SMILES string of the molecule is Cc1cc(C(N)=O)ccc1-c1ccc(CNCC2CCOCC2)c(F)c1. The van der Waals surface area contributed by atoms with Crippen LogP contribution in [0.3, 0.4) is 0 Å². The molecule has 1 saturated heterocycles. The fourth-order valence-electron chi connectivity index (χ4n) is 3.36. The Morgan fingerprint density at radius 3 is 2.65 bits per heavy atom. The summed E-state index contributed by atoms with van der Waals surface area (Å²) in [5.41, 5.74) is 9.01. The Balaban J connectivity index is 1.66. The largest absolute Gasteiger partial charge is 0.381 e. The first-order chi connectivity index (χ1) is 12.5. The standard InChI is InChI=1S/C21H25FN2O2/c1-14-10-17(21(23)25)4-5-19(14)16-2-3-18(20(22)11-16)13-24-12-15-6-8-26-9-7-15/h2-5,10-11,15,24H,6-9,12-13H2,1H3,(H2,23,25). The van der Waals surface area contributed by atoms with Crippen LogP contribution in [0.5, 0.6) is 0 Å². The lowest BCUT2D eigenvalue weighted by atomic mass is 9.97. The maximum Gasteiger partial charge on any atom is 0.248 e. The molecule has 2 aromatic carbocycles. The monoisotopic (exact) mass is 356 g/mol. The minimum atomic E-state index is -0.461. The highest BCUT2D eigenvalue weighted by molar-refractivity contribution is 5.93. The molecule has 2 aromatic rings. The minimum absolute atomic E-state index is 0.222. The number of hydrogen-bond donors (Lipinski definition) is 2. The van der Waals surface area contributed by atoms with Gasteiger partial charge < -0.3 is 15.8 Å². The molecule has 4 nitrogen and oxygen atoms in total. The van der Waals surface area contributed by atoms with Crippen LogP contribution in [-0.2, 0) is 11.3 Å². The van der Waals surface area contributed by atoms with Gasteiger partial charge in [0.15, 0.2) is 0 Å². The van der Waals surface area contributed by atoms with E-state index in [0.29, 0.717) is 23.6 Å². The summed E-state index contributed by atoms with van der Waals surface area (Å²) in [5.74, 6) is -0.0744. The summed E-state index contributed by atoms with van der Waals surface area (Å²) < 4.78 is 19.9. The number of carbonyl (C=O) groups excluding carboxylic acids is 1. The van der Waals surface area contributed by atoms with Gasteiger partial charge in [-0.3, -0.25) is 4.79 Å². The van der Waals surface area contributed by atoms with E-state index in [1.165, 1.54) is 0 Å². The van der Waals surface area contributed by atoms with Crippen LogP contribution in [0.2, 0.25) is 0 Å². The van der Waals surface area contributed by atoms with Gasteiger partial charge in [-0.2, -0.15) is 0 Å².